The maximum Gasteiger partial charge on any atom is 0.313 e. The number of methoxy groups -OCH3 is 1. The first-order chi connectivity index (χ1) is 7.14. The molecule has 0 amide bonds. The van der Waals surface area contributed by atoms with Crippen LogP contribution in [0, 0.1) is 0 Å². The van der Waals surface area contributed by atoms with E-state index in [2.05, 4.69) is 0 Å². The third-order valence-electron chi connectivity index (χ3n) is 2.92. The average molecular weight is 214 g/mol. The molecule has 0 aromatic carbocycles. The zero-order valence-corrected chi connectivity index (χ0v) is 9.38. The molecule has 0 N–H and O–H groups in total. The third kappa shape index (κ3) is 2.78. The van der Waals surface area contributed by atoms with Gasteiger partial charge in [-0.15, -0.1) is 0 Å². The molecular formula is C11H18O4. The molecule has 0 atom stereocenters. The SMILES string of the molecule is CCOC(=O)CC(=O)C1(OC)CCCC1. The van der Waals surface area contributed by atoms with Crippen molar-refractivity contribution in [2.45, 2.75) is 44.6 Å². The lowest BCUT2D eigenvalue weighted by molar-refractivity contribution is -0.152. The summed E-state index contributed by atoms with van der Waals surface area (Å²) in [6.45, 7) is 2.04. The molecule has 0 saturated heterocycles. The van der Waals surface area contributed by atoms with E-state index in [1.54, 1.807) is 6.92 Å². The van der Waals surface area contributed by atoms with Crippen LogP contribution in [0.1, 0.15) is 39.0 Å². The molecule has 0 bridgehead atoms. The highest BCUT2D eigenvalue weighted by atomic mass is 16.5. The number of esters is 1. The van der Waals surface area contributed by atoms with Gasteiger partial charge in [0.15, 0.2) is 5.78 Å². The standard InChI is InChI=1S/C11H18O4/c1-3-15-10(13)8-9(12)11(14-2)6-4-5-7-11/h3-8H2,1-2H3. The molecule has 86 valence electrons. The van der Waals surface area contributed by atoms with Crippen molar-refractivity contribution in [3.8, 4) is 0 Å². The van der Waals surface area contributed by atoms with E-state index in [9.17, 15) is 9.59 Å². The van der Waals surface area contributed by atoms with Crippen LogP contribution in [-0.4, -0.2) is 31.1 Å². The molecule has 0 radical (unpaired) electrons. The number of carbonyl (C=O) groups is 2. The lowest BCUT2D eigenvalue weighted by atomic mass is 9.94. The number of ether oxygens (including phenoxy) is 2. The molecule has 4 nitrogen and oxygen atoms in total. The second kappa shape index (κ2) is 5.26. The number of hydrogen-bond donors (Lipinski definition) is 0. The lowest BCUT2D eigenvalue weighted by Crippen LogP contribution is -2.39. The fraction of sp³-hybridized carbons (Fsp3) is 0.818. The Bertz CT molecular complexity index is 241. The molecular weight excluding hydrogens is 196 g/mol. The Morgan fingerprint density at radius 2 is 1.87 bits per heavy atom. The average Bonchev–Trinajstić information content (AvgIpc) is 2.67. The highest BCUT2D eigenvalue weighted by Gasteiger charge is 2.41. The molecule has 0 aromatic rings. The van der Waals surface area contributed by atoms with E-state index in [4.69, 9.17) is 9.47 Å². The highest BCUT2D eigenvalue weighted by Crippen LogP contribution is 2.34. The zero-order chi connectivity index (χ0) is 11.3. The van der Waals surface area contributed by atoms with E-state index in [0.29, 0.717) is 6.61 Å². The van der Waals surface area contributed by atoms with Gasteiger partial charge < -0.3 is 9.47 Å². The van der Waals surface area contributed by atoms with Crippen LogP contribution in [0.3, 0.4) is 0 Å². The van der Waals surface area contributed by atoms with Crippen LogP contribution in [0.25, 0.3) is 0 Å². The van der Waals surface area contributed by atoms with Gasteiger partial charge in [0.1, 0.15) is 12.0 Å². The van der Waals surface area contributed by atoms with Gasteiger partial charge in [-0.25, -0.2) is 0 Å². The first-order valence-corrected chi connectivity index (χ1v) is 5.38. The summed E-state index contributed by atoms with van der Waals surface area (Å²) in [5, 5.41) is 0. The van der Waals surface area contributed by atoms with E-state index in [1.165, 1.54) is 7.11 Å². The summed E-state index contributed by atoms with van der Waals surface area (Å²) < 4.78 is 10.0. The molecule has 0 unspecified atom stereocenters. The maximum atomic E-state index is 11.9. The van der Waals surface area contributed by atoms with Crippen LogP contribution in [0.5, 0.6) is 0 Å². The summed E-state index contributed by atoms with van der Waals surface area (Å²) in [5.41, 5.74) is -0.716. The number of rotatable bonds is 5. The van der Waals surface area contributed by atoms with Crippen molar-refractivity contribution in [3.05, 3.63) is 0 Å². The van der Waals surface area contributed by atoms with Crippen LogP contribution < -0.4 is 0 Å². The second-order valence-corrected chi connectivity index (χ2v) is 3.81. The van der Waals surface area contributed by atoms with Crippen LogP contribution in [-0.2, 0) is 19.1 Å². The van der Waals surface area contributed by atoms with E-state index < -0.39 is 11.6 Å². The van der Waals surface area contributed by atoms with Crippen LogP contribution in [0.2, 0.25) is 0 Å². The molecule has 1 aliphatic carbocycles. The summed E-state index contributed by atoms with van der Waals surface area (Å²) in [6, 6.07) is 0. The first kappa shape index (κ1) is 12.2. The van der Waals surface area contributed by atoms with Gasteiger partial charge >= 0.3 is 5.97 Å². The summed E-state index contributed by atoms with van der Waals surface area (Å²) in [5.74, 6) is -0.591. The molecule has 1 fully saturated rings. The van der Waals surface area contributed by atoms with E-state index in [-0.39, 0.29) is 12.2 Å². The first-order valence-electron chi connectivity index (χ1n) is 5.38. The van der Waals surface area contributed by atoms with Crippen LogP contribution in [0.15, 0.2) is 0 Å². The van der Waals surface area contributed by atoms with Gasteiger partial charge in [0, 0.05) is 7.11 Å². The van der Waals surface area contributed by atoms with Gasteiger partial charge in [0.05, 0.1) is 6.61 Å². The van der Waals surface area contributed by atoms with Crippen molar-refractivity contribution in [1.29, 1.82) is 0 Å². The molecule has 1 aliphatic rings. The predicted octanol–water partition coefficient (Wildman–Crippen LogP) is 1.47. The minimum Gasteiger partial charge on any atom is -0.466 e. The van der Waals surface area contributed by atoms with Crippen molar-refractivity contribution in [2.24, 2.45) is 0 Å². The van der Waals surface area contributed by atoms with E-state index >= 15 is 0 Å². The number of carbonyl (C=O) groups excluding carboxylic acids is 2. The van der Waals surface area contributed by atoms with Crippen molar-refractivity contribution in [3.63, 3.8) is 0 Å². The van der Waals surface area contributed by atoms with E-state index in [0.717, 1.165) is 25.7 Å². The summed E-state index contributed by atoms with van der Waals surface area (Å²) in [7, 11) is 1.54. The van der Waals surface area contributed by atoms with Gasteiger partial charge in [-0.05, 0) is 32.6 Å². The van der Waals surface area contributed by atoms with Crippen LogP contribution >= 0.6 is 0 Å². The fourth-order valence-electron chi connectivity index (χ4n) is 2.05. The van der Waals surface area contributed by atoms with Crippen LogP contribution in [0.4, 0.5) is 0 Å². The Morgan fingerprint density at radius 3 is 2.33 bits per heavy atom. The van der Waals surface area contributed by atoms with Crippen molar-refractivity contribution < 1.29 is 19.1 Å². The van der Waals surface area contributed by atoms with Gasteiger partial charge in [-0.1, -0.05) is 0 Å². The van der Waals surface area contributed by atoms with Gasteiger partial charge in [0.25, 0.3) is 0 Å². The van der Waals surface area contributed by atoms with Crippen molar-refractivity contribution in [1.82, 2.24) is 0 Å². The predicted molar refractivity (Wildman–Crippen MR) is 54.5 cm³/mol. The lowest BCUT2D eigenvalue weighted by Gasteiger charge is -2.25. The highest BCUT2D eigenvalue weighted by molar-refractivity contribution is 6.00. The fourth-order valence-corrected chi connectivity index (χ4v) is 2.05. The molecule has 0 heterocycles. The van der Waals surface area contributed by atoms with Crippen molar-refractivity contribution >= 4 is 11.8 Å². The number of Topliss-reactive ketones (excluding diaryl/α,β-unsaturated/α-hetero) is 1. The normalized spacial score (nSPS) is 18.8. The van der Waals surface area contributed by atoms with Crippen molar-refractivity contribution in [2.75, 3.05) is 13.7 Å². The second-order valence-electron chi connectivity index (χ2n) is 3.81. The molecule has 0 spiro atoms. The topological polar surface area (TPSA) is 52.6 Å². The summed E-state index contributed by atoms with van der Waals surface area (Å²) in [6.07, 6.45) is 3.26. The Labute approximate surface area is 89.9 Å². The minimum atomic E-state index is -0.716. The summed E-state index contributed by atoms with van der Waals surface area (Å²) in [4.78, 5) is 23.0. The zero-order valence-electron chi connectivity index (χ0n) is 9.38. The van der Waals surface area contributed by atoms with E-state index in [1.807, 2.05) is 0 Å². The summed E-state index contributed by atoms with van der Waals surface area (Å²) >= 11 is 0. The molecule has 1 rings (SSSR count). The third-order valence-corrected chi connectivity index (χ3v) is 2.92. The molecule has 4 heteroatoms. The number of ketones is 1. The Morgan fingerprint density at radius 1 is 1.27 bits per heavy atom. The molecule has 0 aromatic heterocycles. The monoisotopic (exact) mass is 214 g/mol. The maximum absolute atomic E-state index is 11.9. The molecule has 1 saturated carbocycles. The number of hydrogen-bond acceptors (Lipinski definition) is 4. The Balaban J connectivity index is 2.54. The van der Waals surface area contributed by atoms with Gasteiger partial charge in [-0.3, -0.25) is 9.59 Å². The Kier molecular flexibility index (Phi) is 4.27. The van der Waals surface area contributed by atoms with Gasteiger partial charge in [0.2, 0.25) is 0 Å². The molecule has 15 heavy (non-hydrogen) atoms. The minimum absolute atomic E-state index is 0.138. The van der Waals surface area contributed by atoms with Gasteiger partial charge in [-0.2, -0.15) is 0 Å². The quantitative estimate of drug-likeness (QED) is 0.513. The molecule has 0 aliphatic heterocycles. The smallest absolute Gasteiger partial charge is 0.313 e. The largest absolute Gasteiger partial charge is 0.466 e. The Hall–Kier alpha value is -0.900.